The first-order valence-electron chi connectivity index (χ1n) is 13.1. The van der Waals surface area contributed by atoms with Crippen LogP contribution in [0.3, 0.4) is 0 Å². The number of carbonyl (C=O) groups is 2. The fourth-order valence-electron chi connectivity index (χ4n) is 4.05. The molecule has 0 saturated heterocycles. The van der Waals surface area contributed by atoms with Gasteiger partial charge in [0.1, 0.15) is 11.5 Å². The van der Waals surface area contributed by atoms with Gasteiger partial charge >= 0.3 is 6.03 Å². The quantitative estimate of drug-likeness (QED) is 0.0751. The number of halogens is 1. The Morgan fingerprint density at radius 2 is 1.68 bits per heavy atom. The molecule has 3 aromatic carbocycles. The van der Waals surface area contributed by atoms with Crippen LogP contribution in [-0.2, 0) is 4.79 Å². The summed E-state index contributed by atoms with van der Waals surface area (Å²) in [4.78, 5) is 27.9. The van der Waals surface area contributed by atoms with Crippen LogP contribution >= 0.6 is 11.6 Å². The first-order valence-corrected chi connectivity index (χ1v) is 13.5. The van der Waals surface area contributed by atoms with E-state index in [2.05, 4.69) is 15.6 Å². The number of para-hydroxylation sites is 1. The van der Waals surface area contributed by atoms with Gasteiger partial charge in [-0.2, -0.15) is 0 Å². The van der Waals surface area contributed by atoms with Gasteiger partial charge in [-0.3, -0.25) is 15.0 Å². The number of anilines is 2. The first kappa shape index (κ1) is 29.4. The Balaban J connectivity index is 1.35. The molecule has 4 N–H and O–H groups in total. The van der Waals surface area contributed by atoms with Crippen LogP contribution in [0.15, 0.2) is 72.9 Å². The fraction of sp³-hybridized carbons (Fsp3) is 0.233. The molecular weight excluding hydrogens is 548 g/mol. The van der Waals surface area contributed by atoms with Crippen LogP contribution in [0.4, 0.5) is 16.2 Å². The molecule has 4 rings (SSSR count). The topological polar surface area (TPSA) is 131 Å². The lowest BCUT2D eigenvalue weighted by Gasteiger charge is -2.14. The molecule has 0 aliphatic carbocycles. The van der Waals surface area contributed by atoms with Crippen LogP contribution in [0.2, 0.25) is 5.02 Å². The van der Waals surface area contributed by atoms with Gasteiger partial charge in [0.05, 0.1) is 29.9 Å². The molecule has 1 aromatic heterocycles. The number of unbranched alkanes of at least 4 members (excludes halogenated alkanes) is 3. The largest absolute Gasteiger partial charge is 0.493 e. The monoisotopic (exact) mass is 578 g/mol. The van der Waals surface area contributed by atoms with E-state index in [4.69, 9.17) is 31.0 Å². The minimum Gasteiger partial charge on any atom is -0.493 e. The molecular formula is C30H31ClN4O6. The molecule has 11 heteroatoms. The molecule has 0 unspecified atom stereocenters. The van der Waals surface area contributed by atoms with Crippen LogP contribution < -0.4 is 30.3 Å². The second-order valence-corrected chi connectivity index (χ2v) is 9.47. The Morgan fingerprint density at radius 3 is 2.44 bits per heavy atom. The summed E-state index contributed by atoms with van der Waals surface area (Å²) < 4.78 is 17.7. The lowest BCUT2D eigenvalue weighted by molar-refractivity contribution is -0.129. The standard InChI is InChI=1S/C30H31ClN4O6/c1-39-27-18-22-25(19-28(27)40-17-7-3-2-4-10-29(36)35-38)32-16-15-26(22)41-21-13-11-20(12-14-21)33-30(37)34-24-9-6-5-8-23(24)31/h5-6,8-9,11-16,18-19,38H,2-4,7,10,17H2,1H3,(H,35,36)(H2,33,34,37). The Hall–Kier alpha value is -4.54. The second-order valence-electron chi connectivity index (χ2n) is 9.06. The maximum atomic E-state index is 12.3. The maximum absolute atomic E-state index is 12.3. The van der Waals surface area contributed by atoms with E-state index >= 15 is 0 Å². The number of nitrogens with zero attached hydrogens (tertiary/aromatic N) is 1. The molecule has 0 atom stereocenters. The van der Waals surface area contributed by atoms with Crippen molar-refractivity contribution in [3.05, 3.63) is 77.9 Å². The molecule has 41 heavy (non-hydrogen) atoms. The van der Waals surface area contributed by atoms with Crippen molar-refractivity contribution in [3.8, 4) is 23.0 Å². The summed E-state index contributed by atoms with van der Waals surface area (Å²) >= 11 is 6.10. The summed E-state index contributed by atoms with van der Waals surface area (Å²) in [5.74, 6) is 1.92. The molecule has 0 aliphatic rings. The molecule has 214 valence electrons. The highest BCUT2D eigenvalue weighted by molar-refractivity contribution is 6.33. The van der Waals surface area contributed by atoms with E-state index in [-0.39, 0.29) is 5.91 Å². The Morgan fingerprint density at radius 1 is 0.902 bits per heavy atom. The van der Waals surface area contributed by atoms with Crippen LogP contribution in [0.5, 0.6) is 23.0 Å². The number of ether oxygens (including phenoxy) is 3. The number of hydroxylamine groups is 1. The molecule has 0 radical (unpaired) electrons. The molecule has 0 fully saturated rings. The van der Waals surface area contributed by atoms with Gasteiger partial charge in [-0.15, -0.1) is 0 Å². The van der Waals surface area contributed by atoms with Gasteiger partial charge < -0.3 is 24.8 Å². The van der Waals surface area contributed by atoms with Gasteiger partial charge in [0.2, 0.25) is 5.91 Å². The van der Waals surface area contributed by atoms with E-state index in [1.165, 1.54) is 0 Å². The summed E-state index contributed by atoms with van der Waals surface area (Å²) in [6.07, 6.45) is 5.23. The van der Waals surface area contributed by atoms with Gasteiger partial charge in [0, 0.05) is 29.8 Å². The molecule has 3 amide bonds. The Kier molecular flexibility index (Phi) is 10.6. The van der Waals surface area contributed by atoms with Gasteiger partial charge in [-0.1, -0.05) is 36.6 Å². The number of hydrogen-bond donors (Lipinski definition) is 4. The molecule has 1 heterocycles. The number of amides is 3. The number of carbonyl (C=O) groups excluding carboxylic acids is 2. The van der Waals surface area contributed by atoms with Crippen LogP contribution in [0, 0.1) is 0 Å². The van der Waals surface area contributed by atoms with Crippen LogP contribution in [0.25, 0.3) is 10.9 Å². The van der Waals surface area contributed by atoms with Crippen molar-refractivity contribution >= 4 is 45.8 Å². The fourth-order valence-corrected chi connectivity index (χ4v) is 4.23. The van der Waals surface area contributed by atoms with Crippen LogP contribution in [-0.4, -0.2) is 35.8 Å². The Bertz CT molecular complexity index is 1480. The third kappa shape index (κ3) is 8.47. The predicted octanol–water partition coefficient (Wildman–Crippen LogP) is 7.17. The van der Waals surface area contributed by atoms with Crippen molar-refractivity contribution in [3.63, 3.8) is 0 Å². The third-order valence-electron chi connectivity index (χ3n) is 6.13. The van der Waals surface area contributed by atoms with Gasteiger partial charge in [-0.05, 0) is 61.4 Å². The number of hydrogen-bond acceptors (Lipinski definition) is 7. The van der Waals surface area contributed by atoms with Crippen molar-refractivity contribution in [2.24, 2.45) is 0 Å². The molecule has 0 bridgehead atoms. The summed E-state index contributed by atoms with van der Waals surface area (Å²) in [6, 6.07) is 19.0. The van der Waals surface area contributed by atoms with Crippen molar-refractivity contribution < 1.29 is 29.0 Å². The van der Waals surface area contributed by atoms with E-state index in [0.717, 1.165) is 24.6 Å². The zero-order chi connectivity index (χ0) is 29.0. The molecule has 4 aromatic rings. The maximum Gasteiger partial charge on any atom is 0.323 e. The van der Waals surface area contributed by atoms with E-state index in [9.17, 15) is 9.59 Å². The Labute approximate surface area is 242 Å². The van der Waals surface area contributed by atoms with Gasteiger partial charge in [0.25, 0.3) is 0 Å². The number of nitrogens with one attached hydrogen (secondary N) is 3. The number of pyridine rings is 1. The number of aromatic nitrogens is 1. The van der Waals surface area contributed by atoms with Crippen LogP contribution in [0.1, 0.15) is 32.1 Å². The average Bonchev–Trinajstić information content (AvgIpc) is 2.98. The lowest BCUT2D eigenvalue weighted by Crippen LogP contribution is -2.19. The average molecular weight is 579 g/mol. The van der Waals surface area contributed by atoms with Crippen molar-refractivity contribution in [1.29, 1.82) is 0 Å². The van der Waals surface area contributed by atoms with Gasteiger partial charge in [0.15, 0.2) is 11.5 Å². The minimum atomic E-state index is -0.413. The molecule has 0 saturated carbocycles. The van der Waals surface area contributed by atoms with Crippen molar-refractivity contribution in [2.45, 2.75) is 32.1 Å². The predicted molar refractivity (Wildman–Crippen MR) is 157 cm³/mol. The third-order valence-corrected chi connectivity index (χ3v) is 6.46. The highest BCUT2D eigenvalue weighted by atomic mass is 35.5. The number of methoxy groups -OCH3 is 1. The summed E-state index contributed by atoms with van der Waals surface area (Å²) in [5.41, 5.74) is 3.42. The number of fused-ring (bicyclic) bond motifs is 1. The summed E-state index contributed by atoms with van der Waals surface area (Å²) in [6.45, 7) is 0.487. The van der Waals surface area contributed by atoms with E-state index < -0.39 is 6.03 Å². The zero-order valence-corrected chi connectivity index (χ0v) is 23.2. The minimum absolute atomic E-state index is 0.300. The number of rotatable bonds is 13. The van der Waals surface area contributed by atoms with E-state index in [0.29, 0.717) is 64.4 Å². The second kappa shape index (κ2) is 14.7. The normalized spacial score (nSPS) is 10.6. The van der Waals surface area contributed by atoms with E-state index in [1.54, 1.807) is 73.4 Å². The highest BCUT2D eigenvalue weighted by Crippen LogP contribution is 2.37. The highest BCUT2D eigenvalue weighted by Gasteiger charge is 2.13. The van der Waals surface area contributed by atoms with Crippen molar-refractivity contribution in [1.82, 2.24) is 10.5 Å². The number of urea groups is 1. The molecule has 0 aliphatic heterocycles. The molecule has 10 nitrogen and oxygen atoms in total. The molecule has 0 spiro atoms. The summed E-state index contributed by atoms with van der Waals surface area (Å²) in [5, 5.41) is 15.2. The SMILES string of the molecule is COc1cc2c(Oc3ccc(NC(=O)Nc4ccccc4Cl)cc3)ccnc2cc1OCCCCCCC(=O)NO. The smallest absolute Gasteiger partial charge is 0.323 e. The van der Waals surface area contributed by atoms with E-state index in [1.807, 2.05) is 12.1 Å². The van der Waals surface area contributed by atoms with Crippen molar-refractivity contribution in [2.75, 3.05) is 24.4 Å². The summed E-state index contributed by atoms with van der Waals surface area (Å²) in [7, 11) is 1.57. The first-order chi connectivity index (χ1) is 20.0. The lowest BCUT2D eigenvalue weighted by atomic mass is 10.1. The number of benzene rings is 3. The van der Waals surface area contributed by atoms with Gasteiger partial charge in [-0.25, -0.2) is 10.3 Å². The zero-order valence-electron chi connectivity index (χ0n) is 22.5.